The molecule has 1 aromatic rings. The molecule has 2 rings (SSSR count). The Labute approximate surface area is 77.7 Å². The molecule has 0 unspecified atom stereocenters. The fourth-order valence-electron chi connectivity index (χ4n) is 1.40. The van der Waals surface area contributed by atoms with Gasteiger partial charge >= 0.3 is 0 Å². The van der Waals surface area contributed by atoms with Gasteiger partial charge in [-0.2, -0.15) is 8.78 Å². The topological polar surface area (TPSA) is 55.2 Å². The van der Waals surface area contributed by atoms with Crippen LogP contribution in [-0.2, 0) is 5.92 Å². The molecule has 0 atom stereocenters. The van der Waals surface area contributed by atoms with Crippen LogP contribution in [0, 0.1) is 10.1 Å². The number of hydrogen-bond donors (Lipinski definition) is 1. The Morgan fingerprint density at radius 1 is 1.50 bits per heavy atom. The summed E-state index contributed by atoms with van der Waals surface area (Å²) in [5.74, 6) is -3.01. The first-order valence-corrected chi connectivity index (χ1v) is 3.91. The number of rotatable bonds is 1. The summed E-state index contributed by atoms with van der Waals surface area (Å²) >= 11 is 0. The Bertz CT molecular complexity index is 406. The minimum absolute atomic E-state index is 0.264. The SMILES string of the molecule is O=[N+]([O-])c1ccc2c(c1)C(F)(F)CN2. The molecule has 74 valence electrons. The maximum absolute atomic E-state index is 13.1. The van der Waals surface area contributed by atoms with Gasteiger partial charge in [-0.25, -0.2) is 0 Å². The van der Waals surface area contributed by atoms with E-state index in [1.807, 2.05) is 0 Å². The van der Waals surface area contributed by atoms with Crippen LogP contribution in [0.2, 0.25) is 0 Å². The van der Waals surface area contributed by atoms with Crippen LogP contribution in [0.1, 0.15) is 5.56 Å². The number of halogens is 2. The smallest absolute Gasteiger partial charge is 0.292 e. The molecule has 1 aliphatic heterocycles. The lowest BCUT2D eigenvalue weighted by atomic mass is 10.1. The number of hydrogen-bond acceptors (Lipinski definition) is 3. The number of nitrogens with zero attached hydrogens (tertiary/aromatic N) is 1. The highest BCUT2D eigenvalue weighted by Crippen LogP contribution is 2.40. The fraction of sp³-hybridized carbons (Fsp3) is 0.250. The first-order chi connectivity index (χ1) is 6.50. The van der Waals surface area contributed by atoms with E-state index in [4.69, 9.17) is 0 Å². The Hall–Kier alpha value is -1.72. The summed E-state index contributed by atoms with van der Waals surface area (Å²) in [5.41, 5.74) is -0.348. The van der Waals surface area contributed by atoms with Crippen LogP contribution in [0.4, 0.5) is 20.2 Å². The zero-order chi connectivity index (χ0) is 10.3. The molecule has 1 aromatic carbocycles. The van der Waals surface area contributed by atoms with Crippen LogP contribution in [-0.4, -0.2) is 11.5 Å². The third-order valence-corrected chi connectivity index (χ3v) is 2.11. The fourth-order valence-corrected chi connectivity index (χ4v) is 1.40. The van der Waals surface area contributed by atoms with E-state index < -0.39 is 17.4 Å². The molecule has 0 radical (unpaired) electrons. The zero-order valence-corrected chi connectivity index (χ0v) is 6.96. The van der Waals surface area contributed by atoms with Gasteiger partial charge in [0.2, 0.25) is 0 Å². The van der Waals surface area contributed by atoms with Crippen LogP contribution in [0.25, 0.3) is 0 Å². The second-order valence-corrected chi connectivity index (χ2v) is 3.04. The molecular weight excluding hydrogens is 194 g/mol. The number of nitro benzene ring substituents is 1. The van der Waals surface area contributed by atoms with Crippen LogP contribution in [0.3, 0.4) is 0 Å². The third kappa shape index (κ3) is 1.19. The molecule has 0 aliphatic carbocycles. The van der Waals surface area contributed by atoms with E-state index in [1.54, 1.807) is 0 Å². The number of benzene rings is 1. The first-order valence-electron chi connectivity index (χ1n) is 3.91. The summed E-state index contributed by atoms with van der Waals surface area (Å²) in [5, 5.41) is 12.8. The molecule has 0 fully saturated rings. The molecular formula is C8H6F2N2O2. The van der Waals surface area contributed by atoms with Crippen LogP contribution < -0.4 is 5.32 Å². The molecule has 0 amide bonds. The van der Waals surface area contributed by atoms with Crippen LogP contribution >= 0.6 is 0 Å². The Balaban J connectivity index is 2.53. The van der Waals surface area contributed by atoms with Gasteiger partial charge in [0.15, 0.2) is 0 Å². The van der Waals surface area contributed by atoms with Gasteiger partial charge in [0.05, 0.1) is 17.0 Å². The molecule has 1 heterocycles. The van der Waals surface area contributed by atoms with Gasteiger partial charge in [0, 0.05) is 17.8 Å². The number of alkyl halides is 2. The van der Waals surface area contributed by atoms with Crippen molar-refractivity contribution in [3.8, 4) is 0 Å². The second-order valence-electron chi connectivity index (χ2n) is 3.04. The molecule has 4 nitrogen and oxygen atoms in total. The van der Waals surface area contributed by atoms with Gasteiger partial charge in [-0.3, -0.25) is 10.1 Å². The summed E-state index contributed by atoms with van der Waals surface area (Å²) in [6.07, 6.45) is 0. The number of nitro groups is 1. The average Bonchev–Trinajstić information content (AvgIpc) is 2.42. The average molecular weight is 200 g/mol. The highest BCUT2D eigenvalue weighted by Gasteiger charge is 2.40. The standard InChI is InChI=1S/C8H6F2N2O2/c9-8(10)4-11-7-2-1-5(12(13)14)3-6(7)8/h1-3,11H,4H2. The summed E-state index contributed by atoms with van der Waals surface area (Å²) in [7, 11) is 0. The van der Waals surface area contributed by atoms with Gasteiger partial charge in [-0.15, -0.1) is 0 Å². The second kappa shape index (κ2) is 2.63. The molecule has 14 heavy (non-hydrogen) atoms. The van der Waals surface area contributed by atoms with Gasteiger partial charge in [0.1, 0.15) is 0 Å². The van der Waals surface area contributed by atoms with Gasteiger partial charge in [0.25, 0.3) is 11.6 Å². The number of nitrogens with one attached hydrogen (secondary N) is 1. The van der Waals surface area contributed by atoms with Crippen molar-refractivity contribution in [2.24, 2.45) is 0 Å². The minimum Gasteiger partial charge on any atom is -0.378 e. The third-order valence-electron chi connectivity index (χ3n) is 2.11. The van der Waals surface area contributed by atoms with Crippen molar-refractivity contribution in [1.82, 2.24) is 0 Å². The van der Waals surface area contributed by atoms with E-state index in [2.05, 4.69) is 5.32 Å². The Morgan fingerprint density at radius 2 is 2.21 bits per heavy atom. The predicted molar refractivity (Wildman–Crippen MR) is 45.5 cm³/mol. The van der Waals surface area contributed by atoms with Crippen molar-refractivity contribution in [1.29, 1.82) is 0 Å². The van der Waals surface area contributed by atoms with E-state index in [0.717, 1.165) is 6.07 Å². The first kappa shape index (κ1) is 8.86. The molecule has 1 aliphatic rings. The molecule has 0 aromatic heterocycles. The van der Waals surface area contributed by atoms with E-state index in [0.29, 0.717) is 0 Å². The Morgan fingerprint density at radius 3 is 2.86 bits per heavy atom. The van der Waals surface area contributed by atoms with Crippen LogP contribution in [0.5, 0.6) is 0 Å². The summed E-state index contributed by atoms with van der Waals surface area (Å²) in [6.45, 7) is -0.497. The number of fused-ring (bicyclic) bond motifs is 1. The minimum atomic E-state index is -3.01. The van der Waals surface area contributed by atoms with Gasteiger partial charge in [-0.05, 0) is 6.07 Å². The molecule has 0 saturated carbocycles. The lowest BCUT2D eigenvalue weighted by Crippen LogP contribution is -2.15. The van der Waals surface area contributed by atoms with E-state index in [1.165, 1.54) is 12.1 Å². The van der Waals surface area contributed by atoms with E-state index >= 15 is 0 Å². The van der Waals surface area contributed by atoms with Crippen LogP contribution in [0.15, 0.2) is 18.2 Å². The van der Waals surface area contributed by atoms with Crippen molar-refractivity contribution < 1.29 is 13.7 Å². The van der Waals surface area contributed by atoms with Crippen molar-refractivity contribution >= 4 is 11.4 Å². The summed E-state index contributed by atoms with van der Waals surface area (Å²) in [6, 6.07) is 3.41. The molecule has 0 saturated heterocycles. The monoisotopic (exact) mass is 200 g/mol. The highest BCUT2D eigenvalue weighted by molar-refractivity contribution is 5.61. The summed E-state index contributed by atoms with van der Waals surface area (Å²) < 4.78 is 26.2. The molecule has 0 spiro atoms. The number of anilines is 1. The molecule has 0 bridgehead atoms. The quantitative estimate of drug-likeness (QED) is 0.558. The van der Waals surface area contributed by atoms with Gasteiger partial charge < -0.3 is 5.32 Å². The van der Waals surface area contributed by atoms with Crippen molar-refractivity contribution in [2.75, 3.05) is 11.9 Å². The largest absolute Gasteiger partial charge is 0.378 e. The number of non-ortho nitro benzene ring substituents is 1. The summed E-state index contributed by atoms with van der Waals surface area (Å²) in [4.78, 5) is 9.67. The normalized spacial score (nSPS) is 17.3. The van der Waals surface area contributed by atoms with E-state index in [9.17, 15) is 18.9 Å². The zero-order valence-electron chi connectivity index (χ0n) is 6.96. The lowest BCUT2D eigenvalue weighted by molar-refractivity contribution is -0.385. The molecule has 1 N–H and O–H groups in total. The van der Waals surface area contributed by atoms with Crippen molar-refractivity contribution in [3.63, 3.8) is 0 Å². The lowest BCUT2D eigenvalue weighted by Gasteiger charge is -2.06. The predicted octanol–water partition coefficient (Wildman–Crippen LogP) is 2.11. The van der Waals surface area contributed by atoms with Gasteiger partial charge in [-0.1, -0.05) is 0 Å². The van der Waals surface area contributed by atoms with Crippen molar-refractivity contribution in [2.45, 2.75) is 5.92 Å². The Kier molecular flexibility index (Phi) is 1.67. The maximum Gasteiger partial charge on any atom is 0.292 e. The molecule has 6 heteroatoms. The maximum atomic E-state index is 13.1. The van der Waals surface area contributed by atoms with Crippen molar-refractivity contribution in [3.05, 3.63) is 33.9 Å². The van der Waals surface area contributed by atoms with E-state index in [-0.39, 0.29) is 16.9 Å². The highest BCUT2D eigenvalue weighted by atomic mass is 19.3.